The fourth-order valence-corrected chi connectivity index (χ4v) is 4.24. The summed E-state index contributed by atoms with van der Waals surface area (Å²) in [5.74, 6) is 0.726. The Balaban J connectivity index is 1.30. The number of halogens is 1. The van der Waals surface area contributed by atoms with Gasteiger partial charge in [-0.05, 0) is 49.1 Å². The molecule has 1 saturated heterocycles. The molecule has 5 rings (SSSR count). The van der Waals surface area contributed by atoms with Gasteiger partial charge in [0.15, 0.2) is 0 Å². The van der Waals surface area contributed by atoms with Crippen molar-refractivity contribution in [3.63, 3.8) is 0 Å². The molecule has 146 valence electrons. The second kappa shape index (κ2) is 7.16. The van der Waals surface area contributed by atoms with Crippen LogP contribution in [0.2, 0.25) is 0 Å². The third kappa shape index (κ3) is 3.29. The number of carbonyl (C=O) groups is 1. The van der Waals surface area contributed by atoms with Crippen LogP contribution in [-0.2, 0) is 6.42 Å². The van der Waals surface area contributed by atoms with E-state index in [0.29, 0.717) is 29.3 Å². The number of urea groups is 1. The fraction of sp³-hybridized carbons (Fsp3) is 0.227. The number of nitrogens with one attached hydrogen (secondary N) is 1. The Labute approximate surface area is 167 Å². The summed E-state index contributed by atoms with van der Waals surface area (Å²) >= 11 is 0. The molecule has 2 aliphatic heterocycles. The van der Waals surface area contributed by atoms with E-state index in [1.165, 1.54) is 6.20 Å². The van der Waals surface area contributed by atoms with Crippen LogP contribution < -0.4 is 10.1 Å². The molecule has 4 heterocycles. The first-order valence-corrected chi connectivity index (χ1v) is 9.60. The molecule has 7 heteroatoms. The Bertz CT molecular complexity index is 1040. The summed E-state index contributed by atoms with van der Waals surface area (Å²) in [6, 6.07) is 14.3. The van der Waals surface area contributed by atoms with Crippen molar-refractivity contribution in [3.05, 3.63) is 78.0 Å². The number of rotatable bonds is 3. The van der Waals surface area contributed by atoms with Crippen LogP contribution in [0.4, 0.5) is 14.9 Å². The van der Waals surface area contributed by atoms with Crippen LogP contribution in [0.1, 0.15) is 30.0 Å². The molecule has 2 amide bonds. The van der Waals surface area contributed by atoms with E-state index in [4.69, 9.17) is 4.74 Å². The number of ether oxygens (including phenoxy) is 1. The average Bonchev–Trinajstić information content (AvgIpc) is 3.06. The van der Waals surface area contributed by atoms with E-state index in [9.17, 15) is 9.18 Å². The molecule has 29 heavy (non-hydrogen) atoms. The second-order valence-corrected chi connectivity index (χ2v) is 7.26. The molecule has 2 aromatic heterocycles. The summed E-state index contributed by atoms with van der Waals surface area (Å²) in [7, 11) is 0. The zero-order valence-corrected chi connectivity index (χ0v) is 15.6. The van der Waals surface area contributed by atoms with Gasteiger partial charge in [-0.2, -0.15) is 4.39 Å². The van der Waals surface area contributed by atoms with E-state index in [0.717, 1.165) is 18.4 Å². The molecule has 0 saturated carbocycles. The van der Waals surface area contributed by atoms with Gasteiger partial charge in [0.2, 0.25) is 11.8 Å². The van der Waals surface area contributed by atoms with Crippen molar-refractivity contribution in [1.29, 1.82) is 0 Å². The molecule has 0 aliphatic carbocycles. The highest BCUT2D eigenvalue weighted by atomic mass is 19.1. The van der Waals surface area contributed by atoms with Gasteiger partial charge in [0.05, 0.1) is 17.9 Å². The van der Waals surface area contributed by atoms with E-state index >= 15 is 0 Å². The Hall–Kier alpha value is -3.48. The summed E-state index contributed by atoms with van der Waals surface area (Å²) < 4.78 is 19.7. The molecule has 1 aromatic carbocycles. The number of anilines is 1. The highest BCUT2D eigenvalue weighted by Gasteiger charge is 2.43. The number of hydrogen-bond acceptors (Lipinski definition) is 4. The molecule has 1 N–H and O–H groups in total. The van der Waals surface area contributed by atoms with Crippen molar-refractivity contribution in [2.75, 3.05) is 5.32 Å². The number of aromatic nitrogens is 2. The van der Waals surface area contributed by atoms with Crippen molar-refractivity contribution in [2.24, 2.45) is 0 Å². The lowest BCUT2D eigenvalue weighted by atomic mass is 9.95. The number of carbonyl (C=O) groups excluding carboxylic acids is 1. The van der Waals surface area contributed by atoms with E-state index in [1.807, 2.05) is 41.3 Å². The summed E-state index contributed by atoms with van der Waals surface area (Å²) in [4.78, 5) is 22.8. The van der Waals surface area contributed by atoms with E-state index in [-0.39, 0.29) is 18.1 Å². The lowest BCUT2D eigenvalue weighted by Gasteiger charge is -2.36. The van der Waals surface area contributed by atoms with Crippen LogP contribution >= 0.6 is 0 Å². The largest absolute Gasteiger partial charge is 0.439 e. The molecule has 2 bridgehead atoms. The highest BCUT2D eigenvalue weighted by Crippen LogP contribution is 2.44. The van der Waals surface area contributed by atoms with Crippen molar-refractivity contribution in [3.8, 4) is 11.6 Å². The number of hydrogen-bond donors (Lipinski definition) is 1. The lowest BCUT2D eigenvalue weighted by molar-refractivity contribution is 0.178. The van der Waals surface area contributed by atoms with Gasteiger partial charge in [-0.15, -0.1) is 0 Å². The molecule has 2 atom stereocenters. The van der Waals surface area contributed by atoms with E-state index in [1.54, 1.807) is 18.3 Å². The summed E-state index contributed by atoms with van der Waals surface area (Å²) in [5, 5.41) is 2.91. The van der Waals surface area contributed by atoms with Crippen LogP contribution in [0.5, 0.6) is 11.6 Å². The number of amides is 2. The molecule has 2 unspecified atom stereocenters. The SMILES string of the molecule is O=C(Nc1ccc(Oc2ccccc2)nc1)N1C2CCC1c1ccnc(F)c1C2. The number of fused-ring (bicyclic) bond motifs is 4. The van der Waals surface area contributed by atoms with Gasteiger partial charge >= 0.3 is 6.03 Å². The van der Waals surface area contributed by atoms with Gasteiger partial charge in [-0.25, -0.2) is 14.8 Å². The highest BCUT2D eigenvalue weighted by molar-refractivity contribution is 5.90. The molecule has 6 nitrogen and oxygen atoms in total. The van der Waals surface area contributed by atoms with Gasteiger partial charge in [-0.1, -0.05) is 18.2 Å². The van der Waals surface area contributed by atoms with Gasteiger partial charge in [0.1, 0.15) is 5.75 Å². The van der Waals surface area contributed by atoms with Crippen molar-refractivity contribution < 1.29 is 13.9 Å². The van der Waals surface area contributed by atoms with Crippen molar-refractivity contribution in [2.45, 2.75) is 31.3 Å². The maximum Gasteiger partial charge on any atom is 0.322 e. The quantitative estimate of drug-likeness (QED) is 0.658. The Morgan fingerprint density at radius 1 is 1.10 bits per heavy atom. The van der Waals surface area contributed by atoms with Crippen LogP contribution in [0.25, 0.3) is 0 Å². The standard InChI is InChI=1S/C22H19FN4O2/c23-21-18-12-15-7-8-19(17(18)10-11-24-21)27(15)22(28)26-14-6-9-20(25-13-14)29-16-4-2-1-3-5-16/h1-6,9-11,13,15,19H,7-8,12H2,(H,26,28). The van der Waals surface area contributed by atoms with Crippen LogP contribution in [0.15, 0.2) is 60.9 Å². The maximum absolute atomic E-state index is 14.1. The second-order valence-electron chi connectivity index (χ2n) is 7.26. The Kier molecular flexibility index (Phi) is 4.35. The van der Waals surface area contributed by atoms with Gasteiger partial charge in [0, 0.05) is 23.9 Å². The van der Waals surface area contributed by atoms with Crippen LogP contribution in [0.3, 0.4) is 0 Å². The normalized spacial score (nSPS) is 19.6. The minimum Gasteiger partial charge on any atom is -0.439 e. The lowest BCUT2D eigenvalue weighted by Crippen LogP contribution is -2.44. The molecule has 3 aromatic rings. The number of para-hydroxylation sites is 1. The third-order valence-electron chi connectivity index (χ3n) is 5.53. The zero-order valence-electron chi connectivity index (χ0n) is 15.6. The summed E-state index contributed by atoms with van der Waals surface area (Å²) in [6.07, 6.45) is 5.23. The van der Waals surface area contributed by atoms with Crippen LogP contribution in [0, 0.1) is 5.95 Å². The summed E-state index contributed by atoms with van der Waals surface area (Å²) in [6.45, 7) is 0. The maximum atomic E-state index is 14.1. The van der Waals surface area contributed by atoms with Crippen molar-refractivity contribution in [1.82, 2.24) is 14.9 Å². The fourth-order valence-electron chi connectivity index (χ4n) is 4.24. The van der Waals surface area contributed by atoms with Crippen LogP contribution in [-0.4, -0.2) is 26.9 Å². The number of nitrogens with zero attached hydrogens (tertiary/aromatic N) is 3. The van der Waals surface area contributed by atoms with Gasteiger partial charge in [-0.3, -0.25) is 0 Å². The predicted octanol–water partition coefficient (Wildman–Crippen LogP) is 4.70. The molecule has 1 fully saturated rings. The summed E-state index contributed by atoms with van der Waals surface area (Å²) in [5.41, 5.74) is 2.10. The Morgan fingerprint density at radius 2 is 1.97 bits per heavy atom. The average molecular weight is 390 g/mol. The zero-order chi connectivity index (χ0) is 19.8. The third-order valence-corrected chi connectivity index (χ3v) is 5.53. The van der Waals surface area contributed by atoms with Gasteiger partial charge in [0.25, 0.3) is 0 Å². The minimum absolute atomic E-state index is 0.0140. The first kappa shape index (κ1) is 17.6. The number of benzene rings is 1. The smallest absolute Gasteiger partial charge is 0.322 e. The molecule has 0 radical (unpaired) electrons. The predicted molar refractivity (Wildman–Crippen MR) is 105 cm³/mol. The van der Waals surface area contributed by atoms with Crippen molar-refractivity contribution >= 4 is 11.7 Å². The van der Waals surface area contributed by atoms with E-state index < -0.39 is 5.95 Å². The monoisotopic (exact) mass is 390 g/mol. The first-order valence-electron chi connectivity index (χ1n) is 9.60. The first-order chi connectivity index (χ1) is 14.2. The Morgan fingerprint density at radius 3 is 2.76 bits per heavy atom. The molecule has 0 spiro atoms. The topological polar surface area (TPSA) is 67.3 Å². The minimum atomic E-state index is -0.419. The molecule has 2 aliphatic rings. The molecular formula is C22H19FN4O2. The molecular weight excluding hydrogens is 371 g/mol. The van der Waals surface area contributed by atoms with Gasteiger partial charge < -0.3 is 15.0 Å². The number of pyridine rings is 2. The van der Waals surface area contributed by atoms with E-state index in [2.05, 4.69) is 15.3 Å².